The van der Waals surface area contributed by atoms with Crippen LogP contribution in [0.1, 0.15) is 37.0 Å². The Hall–Kier alpha value is -3.19. The highest BCUT2D eigenvalue weighted by molar-refractivity contribution is 6.74. The first kappa shape index (κ1) is 30.8. The lowest BCUT2D eigenvalue weighted by Gasteiger charge is -2.36. The number of halogens is 4. The summed E-state index contributed by atoms with van der Waals surface area (Å²) in [7, 11) is -0.646. The summed E-state index contributed by atoms with van der Waals surface area (Å²) in [5.41, 5.74) is -0.524. The zero-order chi connectivity index (χ0) is 30.3. The summed E-state index contributed by atoms with van der Waals surface area (Å²) in [6, 6.07) is 2.60. The third-order valence-corrected chi connectivity index (χ3v) is 12.2. The van der Waals surface area contributed by atoms with Crippen LogP contribution in [0, 0.1) is 11.6 Å². The summed E-state index contributed by atoms with van der Waals surface area (Å²) in [5, 5.41) is 2.59. The molecule has 0 fully saturated rings. The van der Waals surface area contributed by atoms with E-state index in [0.717, 1.165) is 12.3 Å². The van der Waals surface area contributed by atoms with Gasteiger partial charge in [0, 0.05) is 30.4 Å². The van der Waals surface area contributed by atoms with Crippen LogP contribution in [0.3, 0.4) is 0 Å². The Morgan fingerprint density at radius 2 is 1.93 bits per heavy atom. The van der Waals surface area contributed by atoms with E-state index in [4.69, 9.17) is 32.4 Å². The van der Waals surface area contributed by atoms with Crippen LogP contribution in [-0.2, 0) is 15.8 Å². The number of likely N-dealkylation sites (N-methyl/N-ethyl adjacent to an activating group) is 1. The fourth-order valence-electron chi connectivity index (χ4n) is 3.76. The van der Waals surface area contributed by atoms with Crippen molar-refractivity contribution in [2.24, 2.45) is 0 Å². The van der Waals surface area contributed by atoms with Crippen LogP contribution in [0.25, 0.3) is 11.3 Å². The summed E-state index contributed by atoms with van der Waals surface area (Å²) in [6.07, 6.45) is 2.54. The number of amides is 1. The second-order valence-electron chi connectivity index (χ2n) is 11.1. The number of esters is 1. The number of fused-ring (bicyclic) bond motifs is 1. The minimum atomic E-state index is -2.31. The second-order valence-corrected chi connectivity index (χ2v) is 16.8. The van der Waals surface area contributed by atoms with Crippen molar-refractivity contribution in [3.8, 4) is 17.0 Å². The van der Waals surface area contributed by atoms with Crippen molar-refractivity contribution in [3.05, 3.63) is 63.7 Å². The number of ether oxygens (including phenoxy) is 1. The Bertz CT molecular complexity index is 1520. The maximum absolute atomic E-state index is 15.7. The van der Waals surface area contributed by atoms with Crippen molar-refractivity contribution in [2.75, 3.05) is 18.5 Å². The van der Waals surface area contributed by atoms with Crippen molar-refractivity contribution in [1.82, 2.24) is 20.3 Å². The number of hydrogen-bond acceptors (Lipinski definition) is 8. The topological polar surface area (TPSA) is 107 Å². The molecule has 41 heavy (non-hydrogen) atoms. The van der Waals surface area contributed by atoms with E-state index in [1.165, 1.54) is 18.3 Å². The predicted molar refractivity (Wildman–Crippen MR) is 154 cm³/mol. The first-order chi connectivity index (χ1) is 19.1. The molecule has 0 bridgehead atoms. The Morgan fingerprint density at radius 3 is 2.61 bits per heavy atom. The Morgan fingerprint density at radius 1 is 1.22 bits per heavy atom. The zero-order valence-corrected chi connectivity index (χ0v) is 25.8. The highest BCUT2D eigenvalue weighted by Crippen LogP contribution is 2.38. The molecule has 0 radical (unpaired) electrons. The normalized spacial score (nSPS) is 15.7. The number of aromatic nitrogens is 3. The largest absolute Gasteiger partial charge is 0.421 e. The first-order valence-corrected chi connectivity index (χ1v) is 16.3. The molecule has 0 unspecified atom stereocenters. The molecule has 3 aromatic rings. The van der Waals surface area contributed by atoms with Gasteiger partial charge in [-0.2, -0.15) is 0 Å². The molecular weight excluding hydrogens is 595 g/mol. The van der Waals surface area contributed by atoms with E-state index in [1.807, 2.05) is 33.9 Å². The molecule has 0 saturated heterocycles. The van der Waals surface area contributed by atoms with Crippen molar-refractivity contribution in [1.29, 1.82) is 0 Å². The summed E-state index contributed by atoms with van der Waals surface area (Å²) in [6.45, 7) is 9.76. The lowest BCUT2D eigenvalue weighted by molar-refractivity contribution is -0.135. The molecule has 3 heterocycles. The highest BCUT2D eigenvalue weighted by Gasteiger charge is 2.38. The molecule has 0 aliphatic carbocycles. The highest BCUT2D eigenvalue weighted by atomic mass is 35.5. The molecule has 4 rings (SSSR count). The number of anilines is 1. The monoisotopic (exact) mass is 623 g/mol. The maximum atomic E-state index is 15.7. The second kappa shape index (κ2) is 11.6. The summed E-state index contributed by atoms with van der Waals surface area (Å²) >= 11 is 12.3. The minimum absolute atomic E-state index is 0.0246. The average Bonchev–Trinajstić information content (AvgIpc) is 2.98. The van der Waals surface area contributed by atoms with Gasteiger partial charge in [0.1, 0.15) is 17.7 Å². The van der Waals surface area contributed by atoms with Gasteiger partial charge in [-0.05, 0) is 30.3 Å². The first-order valence-electron chi connectivity index (χ1n) is 12.6. The molecule has 14 heteroatoms. The zero-order valence-electron chi connectivity index (χ0n) is 23.3. The van der Waals surface area contributed by atoms with Gasteiger partial charge >= 0.3 is 5.97 Å². The lowest BCUT2D eigenvalue weighted by atomic mass is 10.1. The van der Waals surface area contributed by atoms with Crippen molar-refractivity contribution in [3.63, 3.8) is 0 Å². The molecular formula is C27H29Cl2F2N5O4Si. The van der Waals surface area contributed by atoms with Crippen LogP contribution in [0.5, 0.6) is 5.75 Å². The van der Waals surface area contributed by atoms with E-state index < -0.39 is 37.9 Å². The molecule has 2 aromatic heterocycles. The third kappa shape index (κ3) is 6.50. The van der Waals surface area contributed by atoms with Crippen LogP contribution in [0.15, 0.2) is 30.6 Å². The molecule has 1 N–H and O–H groups in total. The molecule has 218 valence electrons. The quantitative estimate of drug-likeness (QED) is 0.271. The number of nitrogens with one attached hydrogen (secondary N) is 1. The van der Waals surface area contributed by atoms with Crippen LogP contribution < -0.4 is 15.0 Å². The Labute approximate surface area is 247 Å². The SMILES string of the molecule is CN1C[C@H](NC(=O)c2ncc(Cl)c(-c3ccc(F)c(CO[Si](C)(C)C(C)(C)C)c3F)n2)C(=O)Oc2cc(Cl)cnc21. The summed E-state index contributed by atoms with van der Waals surface area (Å²) < 4.78 is 41.8. The van der Waals surface area contributed by atoms with E-state index >= 15 is 4.39 Å². The van der Waals surface area contributed by atoms with E-state index in [-0.39, 0.29) is 56.6 Å². The van der Waals surface area contributed by atoms with Gasteiger partial charge in [-0.25, -0.2) is 28.5 Å². The number of pyridine rings is 1. The van der Waals surface area contributed by atoms with E-state index in [1.54, 1.807) is 11.9 Å². The van der Waals surface area contributed by atoms with Gasteiger partial charge in [0.15, 0.2) is 19.9 Å². The van der Waals surface area contributed by atoms with Crippen LogP contribution in [-0.4, -0.2) is 54.8 Å². The Kier molecular flexibility index (Phi) is 8.70. The van der Waals surface area contributed by atoms with Gasteiger partial charge in [0.25, 0.3) is 5.91 Å². The van der Waals surface area contributed by atoms with Crippen molar-refractivity contribution < 1.29 is 27.5 Å². The fourth-order valence-corrected chi connectivity index (χ4v) is 5.04. The predicted octanol–water partition coefficient (Wildman–Crippen LogP) is 5.80. The molecule has 1 aliphatic rings. The van der Waals surface area contributed by atoms with Crippen molar-refractivity contribution >= 4 is 49.2 Å². The molecule has 1 atom stereocenters. The summed E-state index contributed by atoms with van der Waals surface area (Å²) in [5.74, 6) is -3.14. The Balaban J connectivity index is 1.59. The maximum Gasteiger partial charge on any atom is 0.336 e. The molecule has 1 aliphatic heterocycles. The van der Waals surface area contributed by atoms with Crippen molar-refractivity contribution in [2.45, 2.75) is 51.6 Å². The van der Waals surface area contributed by atoms with E-state index in [9.17, 15) is 14.0 Å². The standard InChI is InChI=1S/C27H29Cl2F2N5O4Si/c1-27(2,3)41(5,6)39-13-16-18(30)8-7-15(21(16)31)22-17(29)11-32-23(35-22)25(37)34-19-12-36(4)24-20(40-26(19)38)9-14(28)10-33-24/h7-11,19H,12-13H2,1-6H3,(H,34,37)/t19-/m0/s1. The minimum Gasteiger partial charge on any atom is -0.421 e. The van der Waals surface area contributed by atoms with Gasteiger partial charge in [-0.1, -0.05) is 44.0 Å². The molecule has 0 spiro atoms. The third-order valence-electron chi connectivity index (χ3n) is 7.19. The van der Waals surface area contributed by atoms with Gasteiger partial charge in [-0.3, -0.25) is 4.79 Å². The van der Waals surface area contributed by atoms with Gasteiger partial charge in [0.05, 0.1) is 35.1 Å². The number of benzene rings is 1. The van der Waals surface area contributed by atoms with Gasteiger partial charge < -0.3 is 19.4 Å². The molecule has 9 nitrogen and oxygen atoms in total. The molecule has 1 aromatic carbocycles. The van der Waals surface area contributed by atoms with Crippen LogP contribution in [0.2, 0.25) is 28.2 Å². The van der Waals surface area contributed by atoms with Gasteiger partial charge in [-0.15, -0.1) is 0 Å². The number of carbonyl (C=O) groups excluding carboxylic acids is 2. The summed E-state index contributed by atoms with van der Waals surface area (Å²) in [4.78, 5) is 39.8. The van der Waals surface area contributed by atoms with Crippen LogP contribution in [0.4, 0.5) is 14.6 Å². The van der Waals surface area contributed by atoms with E-state index in [2.05, 4.69) is 20.3 Å². The van der Waals surface area contributed by atoms with E-state index in [0.29, 0.717) is 5.82 Å². The smallest absolute Gasteiger partial charge is 0.336 e. The number of nitrogens with zero attached hydrogens (tertiary/aromatic N) is 4. The molecule has 0 saturated carbocycles. The number of rotatable bonds is 6. The average molecular weight is 625 g/mol. The fraction of sp³-hybridized carbons (Fsp3) is 0.370. The molecule has 1 amide bonds. The number of carbonyl (C=O) groups is 2. The van der Waals surface area contributed by atoms with Crippen LogP contribution >= 0.6 is 23.2 Å². The van der Waals surface area contributed by atoms with Gasteiger partial charge in [0.2, 0.25) is 5.82 Å². The number of hydrogen-bond donors (Lipinski definition) is 1. The lowest BCUT2D eigenvalue weighted by Crippen LogP contribution is -2.48.